The molecule has 0 heterocycles. The van der Waals surface area contributed by atoms with E-state index in [1.165, 1.54) is 0 Å². The highest BCUT2D eigenvalue weighted by atomic mass is 79.9. The third-order valence-electron chi connectivity index (χ3n) is 3.39. The van der Waals surface area contributed by atoms with E-state index in [1.807, 2.05) is 24.3 Å². The molecule has 2 aromatic rings. The van der Waals surface area contributed by atoms with E-state index in [0.717, 1.165) is 15.7 Å². The number of benzene rings is 2. The van der Waals surface area contributed by atoms with Crippen LogP contribution < -0.4 is 10.0 Å². The third kappa shape index (κ3) is 6.26. The average molecular weight is 425 g/mol. The maximum atomic E-state index is 12.1. The minimum atomic E-state index is -3.48. The molecule has 0 saturated carbocycles. The molecule has 0 aliphatic heterocycles. The first-order valence-corrected chi connectivity index (χ1v) is 10.2. The fraction of sp³-hybridized carbons (Fsp3) is 0.278. The highest BCUT2D eigenvalue weighted by molar-refractivity contribution is 9.10. The Hall–Kier alpha value is -1.70. The van der Waals surface area contributed by atoms with Gasteiger partial charge in [0.1, 0.15) is 0 Å². The molecule has 5 nitrogen and oxygen atoms in total. The molecule has 25 heavy (non-hydrogen) atoms. The summed E-state index contributed by atoms with van der Waals surface area (Å²) in [6.07, 6.45) is 0.868. The molecule has 0 aromatic heterocycles. The summed E-state index contributed by atoms with van der Waals surface area (Å²) in [5.41, 5.74) is 1.66. The van der Waals surface area contributed by atoms with Crippen molar-refractivity contribution in [3.8, 4) is 0 Å². The summed E-state index contributed by atoms with van der Waals surface area (Å²) in [5.74, 6) is -0.0829. The third-order valence-corrected chi connectivity index (χ3v) is 5.60. The lowest BCUT2D eigenvalue weighted by Crippen LogP contribution is -2.30. The molecule has 7 heteroatoms. The second-order valence-corrected chi connectivity index (χ2v) is 8.60. The fourth-order valence-electron chi connectivity index (χ4n) is 2.23. The van der Waals surface area contributed by atoms with Crippen molar-refractivity contribution in [3.05, 3.63) is 58.6 Å². The number of hydrogen-bond donors (Lipinski definition) is 2. The quantitative estimate of drug-likeness (QED) is 0.710. The largest absolute Gasteiger partial charge is 0.326 e. The minimum absolute atomic E-state index is 0.0829. The minimum Gasteiger partial charge on any atom is -0.326 e. The second-order valence-electron chi connectivity index (χ2n) is 5.98. The lowest BCUT2D eigenvalue weighted by molar-refractivity contribution is -0.116. The van der Waals surface area contributed by atoms with Gasteiger partial charge in [-0.2, -0.15) is 0 Å². The first kappa shape index (κ1) is 19.6. The van der Waals surface area contributed by atoms with E-state index in [4.69, 9.17) is 0 Å². The van der Waals surface area contributed by atoms with Gasteiger partial charge in [-0.15, -0.1) is 0 Å². The van der Waals surface area contributed by atoms with Gasteiger partial charge in [0.15, 0.2) is 0 Å². The number of hydrogen-bond acceptors (Lipinski definition) is 3. The molecule has 1 amide bonds. The molecule has 0 radical (unpaired) electrons. The van der Waals surface area contributed by atoms with Crippen LogP contribution in [-0.4, -0.2) is 20.4 Å². The number of sulfonamides is 1. The molecule has 0 fully saturated rings. The molecule has 0 atom stereocenters. The van der Waals surface area contributed by atoms with E-state index in [0.29, 0.717) is 12.8 Å². The molecular weight excluding hydrogens is 404 g/mol. The number of carbonyl (C=O) groups excluding carboxylic acids is 1. The van der Waals surface area contributed by atoms with Gasteiger partial charge in [-0.1, -0.05) is 28.1 Å². The van der Waals surface area contributed by atoms with Crippen LogP contribution in [0.4, 0.5) is 5.69 Å². The topological polar surface area (TPSA) is 75.3 Å². The Labute approximate surface area is 157 Å². The van der Waals surface area contributed by atoms with Crippen molar-refractivity contribution in [2.24, 2.45) is 0 Å². The van der Waals surface area contributed by atoms with E-state index in [-0.39, 0.29) is 16.8 Å². The molecule has 0 aliphatic carbocycles. The number of rotatable bonds is 7. The van der Waals surface area contributed by atoms with Crippen LogP contribution in [0.5, 0.6) is 0 Å². The van der Waals surface area contributed by atoms with Crippen LogP contribution in [0.3, 0.4) is 0 Å². The summed E-state index contributed by atoms with van der Waals surface area (Å²) in [4.78, 5) is 12.2. The number of nitrogens with one attached hydrogen (secondary N) is 2. The maximum absolute atomic E-state index is 12.1. The number of amides is 1. The zero-order valence-electron chi connectivity index (χ0n) is 14.1. The van der Waals surface area contributed by atoms with E-state index >= 15 is 0 Å². The fourth-order valence-corrected chi connectivity index (χ4v) is 3.74. The number of halogens is 1. The Morgan fingerprint density at radius 2 is 1.64 bits per heavy atom. The van der Waals surface area contributed by atoms with Gasteiger partial charge in [0.05, 0.1) is 4.90 Å². The summed E-state index contributed by atoms with van der Waals surface area (Å²) < 4.78 is 27.6. The highest BCUT2D eigenvalue weighted by Crippen LogP contribution is 2.15. The second kappa shape index (κ2) is 8.60. The van der Waals surface area contributed by atoms with Crippen LogP contribution in [0.1, 0.15) is 25.8 Å². The predicted molar refractivity (Wildman–Crippen MR) is 103 cm³/mol. The number of carbonyl (C=O) groups is 1. The molecule has 0 saturated heterocycles. The molecule has 0 bridgehead atoms. The van der Waals surface area contributed by atoms with Gasteiger partial charge in [-0.05, 0) is 62.2 Å². The lowest BCUT2D eigenvalue weighted by Gasteiger charge is -2.10. The first-order valence-electron chi connectivity index (χ1n) is 7.93. The van der Waals surface area contributed by atoms with Gasteiger partial charge in [0.25, 0.3) is 0 Å². The summed E-state index contributed by atoms with van der Waals surface area (Å²) in [6.45, 7) is 3.55. The summed E-state index contributed by atoms with van der Waals surface area (Å²) >= 11 is 3.35. The van der Waals surface area contributed by atoms with E-state index < -0.39 is 10.0 Å². The van der Waals surface area contributed by atoms with Gasteiger partial charge >= 0.3 is 0 Å². The molecule has 2 N–H and O–H groups in total. The van der Waals surface area contributed by atoms with E-state index in [1.54, 1.807) is 38.1 Å². The van der Waals surface area contributed by atoms with Gasteiger partial charge in [-0.25, -0.2) is 13.1 Å². The van der Waals surface area contributed by atoms with Gasteiger partial charge < -0.3 is 5.32 Å². The molecule has 134 valence electrons. The maximum Gasteiger partial charge on any atom is 0.240 e. The molecular formula is C18H21BrN2O3S. The van der Waals surface area contributed by atoms with Gasteiger partial charge in [-0.3, -0.25) is 4.79 Å². The van der Waals surface area contributed by atoms with Crippen molar-refractivity contribution in [2.45, 2.75) is 37.6 Å². The first-order chi connectivity index (χ1) is 11.8. The van der Waals surface area contributed by atoms with Crippen molar-refractivity contribution in [2.75, 3.05) is 5.32 Å². The summed E-state index contributed by atoms with van der Waals surface area (Å²) in [6, 6.07) is 13.8. The van der Waals surface area contributed by atoms with Crippen molar-refractivity contribution < 1.29 is 13.2 Å². The lowest BCUT2D eigenvalue weighted by atomic mass is 10.1. The Balaban J connectivity index is 1.91. The zero-order valence-corrected chi connectivity index (χ0v) is 16.5. The Morgan fingerprint density at radius 3 is 2.20 bits per heavy atom. The van der Waals surface area contributed by atoms with Crippen molar-refractivity contribution in [1.29, 1.82) is 0 Å². The standard InChI is InChI=1S/C18H21BrN2O3S/c1-13(2)21-25(23,24)17-10-3-14(4-11-17)5-12-18(22)20-16-8-6-15(19)7-9-16/h3-4,6-11,13,21H,5,12H2,1-2H3,(H,20,22). The molecule has 0 unspecified atom stereocenters. The van der Waals surface area contributed by atoms with Crippen LogP contribution >= 0.6 is 15.9 Å². The zero-order chi connectivity index (χ0) is 18.4. The van der Waals surface area contributed by atoms with Gasteiger partial charge in [0, 0.05) is 22.6 Å². The van der Waals surface area contributed by atoms with Crippen molar-refractivity contribution >= 4 is 37.5 Å². The average Bonchev–Trinajstić information content (AvgIpc) is 2.54. The number of aryl methyl sites for hydroxylation is 1. The molecule has 0 aliphatic rings. The van der Waals surface area contributed by atoms with Crippen molar-refractivity contribution in [1.82, 2.24) is 4.72 Å². The Kier molecular flexibility index (Phi) is 6.75. The van der Waals surface area contributed by atoms with E-state index in [2.05, 4.69) is 26.0 Å². The Morgan fingerprint density at radius 1 is 1.04 bits per heavy atom. The normalized spacial score (nSPS) is 11.5. The summed E-state index contributed by atoms with van der Waals surface area (Å²) in [5, 5.41) is 2.83. The molecule has 2 aromatic carbocycles. The van der Waals surface area contributed by atoms with Crippen LogP contribution in [0.25, 0.3) is 0 Å². The highest BCUT2D eigenvalue weighted by Gasteiger charge is 2.14. The monoisotopic (exact) mass is 424 g/mol. The summed E-state index contributed by atoms with van der Waals surface area (Å²) in [7, 11) is -3.48. The molecule has 2 rings (SSSR count). The predicted octanol–water partition coefficient (Wildman–Crippen LogP) is 3.71. The van der Waals surface area contributed by atoms with Crippen LogP contribution in [0, 0.1) is 0 Å². The number of anilines is 1. The SMILES string of the molecule is CC(C)NS(=O)(=O)c1ccc(CCC(=O)Nc2ccc(Br)cc2)cc1. The van der Waals surface area contributed by atoms with Crippen molar-refractivity contribution in [3.63, 3.8) is 0 Å². The van der Waals surface area contributed by atoms with Gasteiger partial charge in [0.2, 0.25) is 15.9 Å². The Bertz CT molecular complexity index is 816. The van der Waals surface area contributed by atoms with Crippen LogP contribution in [0.15, 0.2) is 57.9 Å². The van der Waals surface area contributed by atoms with Crippen LogP contribution in [-0.2, 0) is 21.2 Å². The smallest absolute Gasteiger partial charge is 0.240 e. The van der Waals surface area contributed by atoms with Crippen LogP contribution in [0.2, 0.25) is 0 Å². The van der Waals surface area contributed by atoms with E-state index in [9.17, 15) is 13.2 Å². The molecule has 0 spiro atoms.